The van der Waals surface area contributed by atoms with Crippen molar-refractivity contribution in [1.82, 2.24) is 19.6 Å². The van der Waals surface area contributed by atoms with Crippen LogP contribution in [0.2, 0.25) is 0 Å². The molecule has 1 aromatic carbocycles. The molecule has 3 rings (SSSR count). The molecule has 0 spiro atoms. The zero-order valence-electron chi connectivity index (χ0n) is 12.5. The summed E-state index contributed by atoms with van der Waals surface area (Å²) >= 11 is 0. The van der Waals surface area contributed by atoms with Crippen LogP contribution in [-0.4, -0.2) is 37.8 Å². The van der Waals surface area contributed by atoms with Crippen LogP contribution >= 0.6 is 0 Å². The van der Waals surface area contributed by atoms with Gasteiger partial charge in [-0.3, -0.25) is 14.7 Å². The first kappa shape index (κ1) is 14.8. The molecule has 8 heteroatoms. The lowest BCUT2D eigenvalue weighted by molar-refractivity contribution is -0.136. The Morgan fingerprint density at radius 1 is 1.30 bits per heavy atom. The van der Waals surface area contributed by atoms with Crippen molar-refractivity contribution in [3.63, 3.8) is 0 Å². The molecule has 0 atom stereocenters. The Morgan fingerprint density at radius 3 is 2.61 bits per heavy atom. The molecule has 8 nitrogen and oxygen atoms in total. The van der Waals surface area contributed by atoms with Crippen molar-refractivity contribution in [2.75, 3.05) is 7.11 Å². The molecule has 0 saturated heterocycles. The van der Waals surface area contributed by atoms with Crippen molar-refractivity contribution in [3.05, 3.63) is 45.9 Å². The molecule has 0 fully saturated rings. The third-order valence-electron chi connectivity index (χ3n) is 3.49. The predicted octanol–water partition coefficient (Wildman–Crippen LogP) is 1.03. The quantitative estimate of drug-likeness (QED) is 0.744. The minimum Gasteiger partial charge on any atom is -0.497 e. The lowest BCUT2D eigenvalue weighted by Crippen LogP contribution is -2.24. The number of aliphatic carboxylic acids is 1. The highest BCUT2D eigenvalue weighted by atomic mass is 16.5. The van der Waals surface area contributed by atoms with Crippen LogP contribution < -0.4 is 10.3 Å². The molecule has 2 N–H and O–H groups in total. The summed E-state index contributed by atoms with van der Waals surface area (Å²) < 4.78 is 6.26. The Bertz CT molecular complexity index is 941. The summed E-state index contributed by atoms with van der Waals surface area (Å²) in [5.74, 6) is 0.290. The maximum atomic E-state index is 12.4. The maximum absolute atomic E-state index is 12.4. The molecule has 0 aliphatic carbocycles. The zero-order chi connectivity index (χ0) is 16.6. The van der Waals surface area contributed by atoms with Crippen molar-refractivity contribution in [2.45, 2.75) is 13.3 Å². The second-order valence-electron chi connectivity index (χ2n) is 4.99. The zero-order valence-corrected chi connectivity index (χ0v) is 12.5. The monoisotopic (exact) mass is 314 g/mol. The molecule has 118 valence electrons. The molecule has 0 aliphatic rings. The van der Waals surface area contributed by atoms with Gasteiger partial charge in [0.25, 0.3) is 11.3 Å². The van der Waals surface area contributed by atoms with E-state index in [1.807, 2.05) is 0 Å². The van der Waals surface area contributed by atoms with Gasteiger partial charge in [-0.05, 0) is 31.2 Å². The molecule has 0 saturated carbocycles. The van der Waals surface area contributed by atoms with Crippen LogP contribution in [0, 0.1) is 6.92 Å². The van der Waals surface area contributed by atoms with Crippen LogP contribution in [0.1, 0.15) is 11.3 Å². The number of methoxy groups -OCH3 is 1. The standard InChI is InChI=1S/C15H14N4O4/c1-8-11(7-12(20)21)14(22)19-15(16-8)17-13(18-19)9-3-5-10(23-2)6-4-9/h3-6H,7H2,1-2H3,(H,20,21)(H,16,17,18). The van der Waals surface area contributed by atoms with Gasteiger partial charge in [0.15, 0.2) is 5.82 Å². The minimum absolute atomic E-state index is 0.139. The normalized spacial score (nSPS) is 10.9. The molecule has 0 radical (unpaired) electrons. The van der Waals surface area contributed by atoms with Crippen LogP contribution in [-0.2, 0) is 11.2 Å². The smallest absolute Gasteiger partial charge is 0.308 e. The van der Waals surface area contributed by atoms with Crippen LogP contribution in [0.3, 0.4) is 0 Å². The van der Waals surface area contributed by atoms with Crippen LogP contribution in [0.5, 0.6) is 5.75 Å². The number of aryl methyl sites for hydroxylation is 1. The summed E-state index contributed by atoms with van der Waals surface area (Å²) in [7, 11) is 1.58. The lowest BCUT2D eigenvalue weighted by Gasteiger charge is -2.01. The topological polar surface area (TPSA) is 110 Å². The number of nitrogens with one attached hydrogen (secondary N) is 1. The number of benzene rings is 1. The average Bonchev–Trinajstić information content (AvgIpc) is 2.95. The summed E-state index contributed by atoms with van der Waals surface area (Å²) in [6.07, 6.45) is -0.377. The Morgan fingerprint density at radius 2 is 2.00 bits per heavy atom. The van der Waals surface area contributed by atoms with Gasteiger partial charge in [-0.1, -0.05) is 0 Å². The van der Waals surface area contributed by atoms with Gasteiger partial charge in [-0.2, -0.15) is 9.50 Å². The fourth-order valence-electron chi connectivity index (χ4n) is 2.29. The van der Waals surface area contributed by atoms with Crippen LogP contribution in [0.15, 0.2) is 29.1 Å². The number of nitrogens with zero attached hydrogens (tertiary/aromatic N) is 3. The lowest BCUT2D eigenvalue weighted by atomic mass is 10.2. The Kier molecular flexibility index (Phi) is 3.57. The highest BCUT2D eigenvalue weighted by Crippen LogP contribution is 2.19. The average molecular weight is 314 g/mol. The van der Waals surface area contributed by atoms with Crippen molar-refractivity contribution in [1.29, 1.82) is 0 Å². The van der Waals surface area contributed by atoms with Crippen LogP contribution in [0.25, 0.3) is 17.2 Å². The van der Waals surface area contributed by atoms with E-state index in [-0.39, 0.29) is 17.8 Å². The largest absolute Gasteiger partial charge is 0.497 e. The van der Waals surface area contributed by atoms with E-state index in [1.165, 1.54) is 0 Å². The fourth-order valence-corrected chi connectivity index (χ4v) is 2.29. The number of aromatic amines is 1. The van der Waals surface area contributed by atoms with Gasteiger partial charge in [-0.25, -0.2) is 4.98 Å². The van der Waals surface area contributed by atoms with Gasteiger partial charge in [-0.15, -0.1) is 0 Å². The second kappa shape index (κ2) is 5.56. The summed E-state index contributed by atoms with van der Waals surface area (Å²) in [5, 5.41) is 11.8. The third-order valence-corrected chi connectivity index (χ3v) is 3.49. The third kappa shape index (κ3) is 2.66. The van der Waals surface area contributed by atoms with E-state index in [0.29, 0.717) is 17.3 Å². The van der Waals surface area contributed by atoms with Crippen LogP contribution in [0.4, 0.5) is 0 Å². The van der Waals surface area contributed by atoms with E-state index in [2.05, 4.69) is 15.1 Å². The number of carboxylic acid groups (broad SMARTS) is 1. The van der Waals surface area contributed by atoms with E-state index in [0.717, 1.165) is 10.1 Å². The summed E-state index contributed by atoms with van der Waals surface area (Å²) in [6, 6.07) is 7.15. The van der Waals surface area contributed by atoms with Crippen molar-refractivity contribution in [3.8, 4) is 17.1 Å². The number of aromatic nitrogens is 4. The maximum Gasteiger partial charge on any atom is 0.308 e. The summed E-state index contributed by atoms with van der Waals surface area (Å²) in [4.78, 5) is 31.8. The minimum atomic E-state index is -1.08. The van der Waals surface area contributed by atoms with E-state index in [9.17, 15) is 9.59 Å². The molecule has 23 heavy (non-hydrogen) atoms. The van der Waals surface area contributed by atoms with E-state index >= 15 is 0 Å². The molecule has 0 unspecified atom stereocenters. The molecule has 0 amide bonds. The first-order valence-corrected chi connectivity index (χ1v) is 6.84. The number of hydrogen-bond acceptors (Lipinski definition) is 5. The van der Waals surface area contributed by atoms with Gasteiger partial charge in [0.1, 0.15) is 5.75 Å². The number of fused-ring (bicyclic) bond motifs is 1. The highest BCUT2D eigenvalue weighted by molar-refractivity contribution is 5.70. The second-order valence-corrected chi connectivity index (χ2v) is 4.99. The van der Waals surface area contributed by atoms with Gasteiger partial charge in [0, 0.05) is 5.56 Å². The summed E-state index contributed by atoms with van der Waals surface area (Å²) in [5.41, 5.74) is 0.806. The molecule has 2 aromatic heterocycles. The molecule has 0 aliphatic heterocycles. The number of H-pyrrole nitrogens is 1. The number of ether oxygens (including phenoxy) is 1. The van der Waals surface area contributed by atoms with Gasteiger partial charge in [0.2, 0.25) is 0 Å². The molecule has 0 bridgehead atoms. The Hall–Kier alpha value is -3.16. The van der Waals surface area contributed by atoms with Crippen molar-refractivity contribution < 1.29 is 14.6 Å². The van der Waals surface area contributed by atoms with Crippen molar-refractivity contribution >= 4 is 11.7 Å². The number of rotatable bonds is 4. The van der Waals surface area contributed by atoms with E-state index in [4.69, 9.17) is 9.84 Å². The molecular weight excluding hydrogens is 300 g/mol. The van der Waals surface area contributed by atoms with Gasteiger partial charge in [0.05, 0.1) is 24.8 Å². The number of hydrogen-bond donors (Lipinski definition) is 2. The fraction of sp³-hybridized carbons (Fsp3) is 0.200. The van der Waals surface area contributed by atoms with E-state index < -0.39 is 11.5 Å². The Balaban J connectivity index is 2.13. The van der Waals surface area contributed by atoms with Gasteiger partial charge < -0.3 is 9.84 Å². The first-order valence-electron chi connectivity index (χ1n) is 6.84. The van der Waals surface area contributed by atoms with Gasteiger partial charge >= 0.3 is 5.97 Å². The molecule has 3 aromatic rings. The SMILES string of the molecule is COc1ccc(-c2nc3nc(C)c(CC(=O)O)c(=O)n3[nH]2)cc1. The van der Waals surface area contributed by atoms with Crippen molar-refractivity contribution in [2.24, 2.45) is 0 Å². The predicted molar refractivity (Wildman–Crippen MR) is 81.7 cm³/mol. The summed E-state index contributed by atoms with van der Waals surface area (Å²) in [6.45, 7) is 1.60. The molecular formula is C15H14N4O4. The highest BCUT2D eigenvalue weighted by Gasteiger charge is 2.16. The number of carbonyl (C=O) groups is 1. The Labute approximate surface area is 130 Å². The first-order chi connectivity index (χ1) is 11.0. The molecule has 2 heterocycles. The number of carboxylic acids is 1. The van der Waals surface area contributed by atoms with E-state index in [1.54, 1.807) is 38.3 Å².